The Kier molecular flexibility index (Phi) is 5.18. The lowest BCUT2D eigenvalue weighted by Crippen LogP contribution is -2.27. The van der Waals surface area contributed by atoms with Crippen molar-refractivity contribution >= 4 is 17.4 Å². The van der Waals surface area contributed by atoms with Crippen LogP contribution in [0.15, 0.2) is 59.8 Å². The SMILES string of the molecule is CCOc1cc([C@@H]2C(C(=O)Nc3ccccc3)=C(C)Nc3n[nH]c(C)c32)ccc1O. The Labute approximate surface area is 174 Å². The van der Waals surface area contributed by atoms with Gasteiger partial charge in [-0.05, 0) is 50.6 Å². The summed E-state index contributed by atoms with van der Waals surface area (Å²) in [6.45, 7) is 6.08. The molecule has 0 bridgehead atoms. The molecular weight excluding hydrogens is 380 g/mol. The quantitative estimate of drug-likeness (QED) is 0.508. The molecule has 0 saturated heterocycles. The zero-order valence-corrected chi connectivity index (χ0v) is 17.1. The number of carbonyl (C=O) groups excluding carboxylic acids is 1. The highest BCUT2D eigenvalue weighted by Gasteiger charge is 2.35. The number of ether oxygens (including phenoxy) is 1. The first-order valence-corrected chi connectivity index (χ1v) is 9.84. The van der Waals surface area contributed by atoms with Crippen LogP contribution in [0, 0.1) is 6.92 Å². The minimum Gasteiger partial charge on any atom is -0.504 e. The number of aryl methyl sites for hydroxylation is 1. The van der Waals surface area contributed by atoms with Crippen LogP contribution in [0.5, 0.6) is 11.5 Å². The standard InChI is InChI=1S/C23H24N4O3/c1-4-30-18-12-15(10-11-17(18)28)21-19-14(3)26-27-22(19)24-13(2)20(21)23(29)25-16-8-6-5-7-9-16/h5-12,21,28H,4H2,1-3H3,(H,25,29)(H2,24,26,27)/t21-/m0/s1. The molecule has 3 aromatic rings. The third kappa shape index (κ3) is 3.50. The molecule has 0 saturated carbocycles. The molecule has 30 heavy (non-hydrogen) atoms. The van der Waals surface area contributed by atoms with Crippen molar-refractivity contribution in [3.8, 4) is 11.5 Å². The van der Waals surface area contributed by atoms with Crippen LogP contribution in [0.1, 0.15) is 36.6 Å². The van der Waals surface area contributed by atoms with Crippen molar-refractivity contribution in [1.82, 2.24) is 10.2 Å². The number of hydrogen-bond acceptors (Lipinski definition) is 5. The molecule has 2 aromatic carbocycles. The average Bonchev–Trinajstić information content (AvgIpc) is 3.09. The zero-order chi connectivity index (χ0) is 21.3. The predicted octanol–water partition coefficient (Wildman–Crippen LogP) is 4.29. The van der Waals surface area contributed by atoms with Gasteiger partial charge in [0.2, 0.25) is 0 Å². The Morgan fingerprint density at radius 2 is 1.97 bits per heavy atom. The summed E-state index contributed by atoms with van der Waals surface area (Å²) < 4.78 is 5.58. The van der Waals surface area contributed by atoms with Crippen LogP contribution in [0.4, 0.5) is 11.5 Å². The van der Waals surface area contributed by atoms with Crippen LogP contribution in [-0.2, 0) is 4.79 Å². The van der Waals surface area contributed by atoms with E-state index in [1.54, 1.807) is 12.1 Å². The zero-order valence-electron chi connectivity index (χ0n) is 17.1. The molecular formula is C23H24N4O3. The van der Waals surface area contributed by atoms with Gasteiger partial charge in [-0.2, -0.15) is 5.10 Å². The Morgan fingerprint density at radius 1 is 1.20 bits per heavy atom. The lowest BCUT2D eigenvalue weighted by atomic mass is 9.81. The summed E-state index contributed by atoms with van der Waals surface area (Å²) in [4.78, 5) is 13.4. The monoisotopic (exact) mass is 404 g/mol. The summed E-state index contributed by atoms with van der Waals surface area (Å²) in [6.07, 6.45) is 0. The summed E-state index contributed by atoms with van der Waals surface area (Å²) in [7, 11) is 0. The van der Waals surface area contributed by atoms with E-state index in [1.807, 2.05) is 57.2 Å². The molecule has 0 radical (unpaired) electrons. The molecule has 0 aliphatic carbocycles. The van der Waals surface area contributed by atoms with Crippen LogP contribution in [0.25, 0.3) is 0 Å². The fourth-order valence-corrected chi connectivity index (χ4v) is 3.83. The number of rotatable bonds is 5. The molecule has 0 spiro atoms. The number of nitrogens with zero attached hydrogens (tertiary/aromatic N) is 1. The van der Waals surface area contributed by atoms with E-state index in [4.69, 9.17) is 4.74 Å². The molecule has 1 amide bonds. The van der Waals surface area contributed by atoms with E-state index < -0.39 is 0 Å². The second-order valence-corrected chi connectivity index (χ2v) is 7.19. The van der Waals surface area contributed by atoms with Gasteiger partial charge in [-0.3, -0.25) is 9.89 Å². The minimum absolute atomic E-state index is 0.0645. The lowest BCUT2D eigenvalue weighted by molar-refractivity contribution is -0.113. The number of fused-ring (bicyclic) bond motifs is 1. The number of aromatic amines is 1. The predicted molar refractivity (Wildman–Crippen MR) is 116 cm³/mol. The second kappa shape index (κ2) is 7.94. The van der Waals surface area contributed by atoms with Crippen LogP contribution in [-0.4, -0.2) is 27.8 Å². The number of para-hydroxylation sites is 1. The Hall–Kier alpha value is -3.74. The van der Waals surface area contributed by atoms with E-state index in [-0.39, 0.29) is 17.6 Å². The molecule has 7 nitrogen and oxygen atoms in total. The van der Waals surface area contributed by atoms with Crippen LogP contribution >= 0.6 is 0 Å². The van der Waals surface area contributed by atoms with Crippen molar-refractivity contribution in [3.05, 3.63) is 76.6 Å². The lowest BCUT2D eigenvalue weighted by Gasteiger charge is -2.28. The third-order valence-corrected chi connectivity index (χ3v) is 5.18. The number of allylic oxidation sites excluding steroid dienone is 1. The van der Waals surface area contributed by atoms with Crippen LogP contribution < -0.4 is 15.4 Å². The molecule has 4 N–H and O–H groups in total. The minimum atomic E-state index is -0.372. The highest BCUT2D eigenvalue weighted by atomic mass is 16.5. The first kappa shape index (κ1) is 19.6. The molecule has 1 atom stereocenters. The second-order valence-electron chi connectivity index (χ2n) is 7.19. The van der Waals surface area contributed by atoms with Gasteiger partial charge in [0.1, 0.15) is 0 Å². The maximum absolute atomic E-state index is 13.4. The molecule has 7 heteroatoms. The number of phenols is 1. The summed E-state index contributed by atoms with van der Waals surface area (Å²) in [5, 5.41) is 23.7. The van der Waals surface area contributed by atoms with E-state index in [2.05, 4.69) is 20.8 Å². The molecule has 0 unspecified atom stereocenters. The number of carbonyl (C=O) groups is 1. The number of hydrogen-bond donors (Lipinski definition) is 4. The van der Waals surface area contributed by atoms with Gasteiger partial charge in [0.15, 0.2) is 17.3 Å². The van der Waals surface area contributed by atoms with E-state index >= 15 is 0 Å². The Balaban J connectivity index is 1.82. The summed E-state index contributed by atoms with van der Waals surface area (Å²) in [5.74, 6) is 0.570. The van der Waals surface area contributed by atoms with Gasteiger partial charge in [0.05, 0.1) is 6.61 Å². The number of aromatic nitrogens is 2. The first-order valence-electron chi connectivity index (χ1n) is 9.84. The van der Waals surface area contributed by atoms with Crippen molar-refractivity contribution in [2.45, 2.75) is 26.7 Å². The third-order valence-electron chi connectivity index (χ3n) is 5.18. The van der Waals surface area contributed by atoms with Gasteiger partial charge in [-0.25, -0.2) is 0 Å². The van der Waals surface area contributed by atoms with Gasteiger partial charge in [0.25, 0.3) is 5.91 Å². The van der Waals surface area contributed by atoms with Crippen molar-refractivity contribution < 1.29 is 14.6 Å². The van der Waals surface area contributed by atoms with E-state index in [9.17, 15) is 9.90 Å². The van der Waals surface area contributed by atoms with Crippen molar-refractivity contribution in [1.29, 1.82) is 0 Å². The molecule has 1 aliphatic rings. The number of nitrogens with one attached hydrogen (secondary N) is 3. The van der Waals surface area contributed by atoms with Crippen LogP contribution in [0.2, 0.25) is 0 Å². The largest absolute Gasteiger partial charge is 0.504 e. The number of anilines is 2. The van der Waals surface area contributed by atoms with Gasteiger partial charge in [-0.1, -0.05) is 24.3 Å². The van der Waals surface area contributed by atoms with E-state index in [0.29, 0.717) is 23.7 Å². The Bertz CT molecular complexity index is 1120. The highest BCUT2D eigenvalue weighted by Crippen LogP contribution is 2.44. The maximum atomic E-state index is 13.4. The van der Waals surface area contributed by atoms with Gasteiger partial charge in [-0.15, -0.1) is 0 Å². The van der Waals surface area contributed by atoms with E-state index in [0.717, 1.165) is 28.2 Å². The molecule has 2 heterocycles. The number of aromatic hydroxyl groups is 1. The molecule has 0 fully saturated rings. The highest BCUT2D eigenvalue weighted by molar-refractivity contribution is 6.07. The first-order chi connectivity index (χ1) is 14.5. The topological polar surface area (TPSA) is 99.3 Å². The van der Waals surface area contributed by atoms with Gasteiger partial charge >= 0.3 is 0 Å². The van der Waals surface area contributed by atoms with Crippen molar-refractivity contribution in [3.63, 3.8) is 0 Å². The van der Waals surface area contributed by atoms with E-state index in [1.165, 1.54) is 0 Å². The van der Waals surface area contributed by atoms with Crippen LogP contribution in [0.3, 0.4) is 0 Å². The fraction of sp³-hybridized carbons (Fsp3) is 0.217. The van der Waals surface area contributed by atoms with Crippen molar-refractivity contribution in [2.24, 2.45) is 0 Å². The molecule has 154 valence electrons. The maximum Gasteiger partial charge on any atom is 0.254 e. The van der Waals surface area contributed by atoms with Gasteiger partial charge in [0, 0.05) is 34.1 Å². The fourth-order valence-electron chi connectivity index (χ4n) is 3.83. The molecule has 1 aromatic heterocycles. The smallest absolute Gasteiger partial charge is 0.254 e. The number of amides is 1. The molecule has 4 rings (SSSR count). The normalized spacial score (nSPS) is 15.4. The Morgan fingerprint density at radius 3 is 2.70 bits per heavy atom. The summed E-state index contributed by atoms with van der Waals surface area (Å²) >= 11 is 0. The van der Waals surface area contributed by atoms with Crippen molar-refractivity contribution in [2.75, 3.05) is 17.2 Å². The summed E-state index contributed by atoms with van der Waals surface area (Å²) in [5.41, 5.74) is 4.62. The summed E-state index contributed by atoms with van der Waals surface area (Å²) in [6, 6.07) is 14.5. The number of phenolic OH excluding ortho intramolecular Hbond substituents is 1. The van der Waals surface area contributed by atoms with Gasteiger partial charge < -0.3 is 20.5 Å². The number of H-pyrrole nitrogens is 1. The average molecular weight is 404 g/mol. The molecule has 1 aliphatic heterocycles. The number of benzene rings is 2.